The van der Waals surface area contributed by atoms with Crippen LogP contribution in [0.2, 0.25) is 18.1 Å². The van der Waals surface area contributed by atoms with E-state index in [1.54, 1.807) is 17.7 Å². The fourth-order valence-corrected chi connectivity index (χ4v) is 11.3. The summed E-state index contributed by atoms with van der Waals surface area (Å²) in [5.41, 5.74) is 3.04. The van der Waals surface area contributed by atoms with Gasteiger partial charge in [-0.05, 0) is 118 Å². The topological polar surface area (TPSA) is 61.8 Å². The van der Waals surface area contributed by atoms with E-state index in [1.807, 2.05) is 26.2 Å². The average Bonchev–Trinajstić information content (AvgIpc) is 3.27. The van der Waals surface area contributed by atoms with Gasteiger partial charge >= 0.3 is 0 Å². The molecule has 0 radical (unpaired) electrons. The zero-order valence-electron chi connectivity index (χ0n) is 27.7. The van der Waals surface area contributed by atoms with Gasteiger partial charge in [0.15, 0.2) is 8.32 Å². The Hall–Kier alpha value is -0.993. The van der Waals surface area contributed by atoms with E-state index in [-0.39, 0.29) is 39.4 Å². The van der Waals surface area contributed by atoms with E-state index >= 15 is 0 Å². The molecular weight excluding hydrogens is 561 g/mol. The van der Waals surface area contributed by atoms with E-state index in [9.17, 15) is 8.42 Å². The smallest absolute Gasteiger partial charge is 0.296 e. The van der Waals surface area contributed by atoms with Crippen molar-refractivity contribution >= 4 is 18.4 Å². The SMILES string of the molecule is COC(/C=C1\CCC[C@@]2(C)C1CCC2[C@H](C)COS(=O)(=O)c1ccc(C)cc1)C12CC1C[C@H](O[Si](C)(C)C(C)(C)C)C2. The number of rotatable bonds is 10. The van der Waals surface area contributed by atoms with E-state index in [0.717, 1.165) is 24.8 Å². The summed E-state index contributed by atoms with van der Waals surface area (Å²) in [6.45, 7) is 18.6. The summed E-state index contributed by atoms with van der Waals surface area (Å²) in [6.07, 6.45) is 12.5. The summed E-state index contributed by atoms with van der Waals surface area (Å²) < 4.78 is 44.6. The summed E-state index contributed by atoms with van der Waals surface area (Å²) >= 11 is 0. The lowest BCUT2D eigenvalue weighted by atomic mass is 9.61. The first-order valence-electron chi connectivity index (χ1n) is 16.4. The van der Waals surface area contributed by atoms with Crippen LogP contribution in [-0.2, 0) is 23.5 Å². The molecule has 1 aromatic rings. The van der Waals surface area contributed by atoms with Gasteiger partial charge in [-0.15, -0.1) is 0 Å². The van der Waals surface area contributed by atoms with Crippen LogP contribution in [0.5, 0.6) is 0 Å². The van der Waals surface area contributed by atoms with Gasteiger partial charge in [-0.1, -0.05) is 64.0 Å². The molecule has 5 nitrogen and oxygen atoms in total. The molecule has 4 fully saturated rings. The van der Waals surface area contributed by atoms with Gasteiger partial charge < -0.3 is 9.16 Å². The number of allylic oxidation sites excluding steroid dienone is 1. The predicted molar refractivity (Wildman–Crippen MR) is 172 cm³/mol. The Balaban J connectivity index is 1.26. The molecule has 0 N–H and O–H groups in total. The van der Waals surface area contributed by atoms with Crippen molar-refractivity contribution in [1.82, 2.24) is 0 Å². The summed E-state index contributed by atoms with van der Waals surface area (Å²) in [7, 11) is -3.64. The van der Waals surface area contributed by atoms with Crippen molar-refractivity contribution in [2.75, 3.05) is 13.7 Å². The second-order valence-corrected chi connectivity index (χ2v) is 22.5. The van der Waals surface area contributed by atoms with Crippen LogP contribution in [0.3, 0.4) is 0 Å². The molecule has 236 valence electrons. The second-order valence-electron chi connectivity index (χ2n) is 16.1. The van der Waals surface area contributed by atoms with Crippen molar-refractivity contribution in [3.8, 4) is 0 Å². The largest absolute Gasteiger partial charge is 0.414 e. The molecule has 0 saturated heterocycles. The molecule has 0 bridgehead atoms. The molecule has 8 atom stereocenters. The number of aryl methyl sites for hydroxylation is 1. The lowest BCUT2D eigenvalue weighted by Crippen LogP contribution is -2.44. The molecule has 5 rings (SSSR count). The minimum atomic E-state index is -3.75. The molecule has 4 saturated carbocycles. The highest BCUT2D eigenvalue weighted by atomic mass is 32.2. The third-order valence-electron chi connectivity index (χ3n) is 12.4. The Morgan fingerprint density at radius 1 is 1.12 bits per heavy atom. The normalized spacial score (nSPS) is 35.6. The second kappa shape index (κ2) is 11.4. The van der Waals surface area contributed by atoms with Crippen molar-refractivity contribution in [3.63, 3.8) is 0 Å². The number of hydrogen-bond acceptors (Lipinski definition) is 5. The highest BCUT2D eigenvalue weighted by molar-refractivity contribution is 7.86. The Kier molecular flexibility index (Phi) is 8.81. The maximum Gasteiger partial charge on any atom is 0.296 e. The van der Waals surface area contributed by atoms with Crippen molar-refractivity contribution in [2.24, 2.45) is 34.5 Å². The van der Waals surface area contributed by atoms with Crippen molar-refractivity contribution in [1.29, 1.82) is 0 Å². The van der Waals surface area contributed by atoms with E-state index < -0.39 is 18.4 Å². The van der Waals surface area contributed by atoms with Gasteiger partial charge in [0, 0.05) is 18.6 Å². The first-order valence-corrected chi connectivity index (χ1v) is 20.7. The Morgan fingerprint density at radius 2 is 1.81 bits per heavy atom. The van der Waals surface area contributed by atoms with Crippen LogP contribution in [0.1, 0.15) is 91.5 Å². The monoisotopic (exact) mass is 616 g/mol. The molecule has 4 aliphatic rings. The number of methoxy groups -OCH3 is 1. The van der Waals surface area contributed by atoms with Gasteiger partial charge in [0.2, 0.25) is 0 Å². The minimum absolute atomic E-state index is 0.160. The van der Waals surface area contributed by atoms with Crippen LogP contribution >= 0.6 is 0 Å². The molecule has 0 aliphatic heterocycles. The fourth-order valence-electron chi connectivity index (χ4n) is 8.90. The minimum Gasteiger partial charge on any atom is -0.414 e. The number of ether oxygens (including phenoxy) is 1. The maximum atomic E-state index is 12.9. The zero-order chi connectivity index (χ0) is 30.7. The van der Waals surface area contributed by atoms with Crippen LogP contribution in [0.15, 0.2) is 40.8 Å². The summed E-state index contributed by atoms with van der Waals surface area (Å²) in [4.78, 5) is 0.242. The van der Waals surface area contributed by atoms with Gasteiger partial charge in [-0.3, -0.25) is 4.18 Å². The van der Waals surface area contributed by atoms with Crippen molar-refractivity contribution in [2.45, 2.75) is 128 Å². The number of benzene rings is 1. The summed E-state index contributed by atoms with van der Waals surface area (Å²) in [5, 5.41) is 0.230. The first-order chi connectivity index (χ1) is 19.5. The quantitative estimate of drug-likeness (QED) is 0.150. The van der Waals surface area contributed by atoms with E-state index in [2.05, 4.69) is 53.8 Å². The molecule has 0 heterocycles. The molecule has 42 heavy (non-hydrogen) atoms. The highest BCUT2D eigenvalue weighted by Gasteiger charge is 2.65. The molecule has 0 spiro atoms. The van der Waals surface area contributed by atoms with Gasteiger partial charge in [0.05, 0.1) is 17.6 Å². The Labute approximate surface area is 257 Å². The molecule has 0 aromatic heterocycles. The van der Waals surface area contributed by atoms with Gasteiger partial charge in [0.25, 0.3) is 10.1 Å². The molecular formula is C35H56O5SSi. The van der Waals surface area contributed by atoms with Crippen LogP contribution < -0.4 is 0 Å². The van der Waals surface area contributed by atoms with Crippen LogP contribution in [0, 0.1) is 41.4 Å². The van der Waals surface area contributed by atoms with E-state index in [0.29, 0.717) is 23.9 Å². The zero-order valence-corrected chi connectivity index (χ0v) is 29.5. The summed E-state index contributed by atoms with van der Waals surface area (Å²) in [5.74, 6) is 1.88. The van der Waals surface area contributed by atoms with Crippen molar-refractivity contribution < 1.29 is 21.8 Å². The molecule has 4 aliphatic carbocycles. The number of hydrogen-bond donors (Lipinski definition) is 0. The maximum absolute atomic E-state index is 12.9. The fraction of sp³-hybridized carbons (Fsp3) is 0.771. The van der Waals surface area contributed by atoms with Gasteiger partial charge in [-0.2, -0.15) is 8.42 Å². The molecule has 0 amide bonds. The third-order valence-corrected chi connectivity index (χ3v) is 18.2. The lowest BCUT2D eigenvalue weighted by Gasteiger charge is -2.44. The Bertz CT molecular complexity index is 1270. The molecule has 7 heteroatoms. The Morgan fingerprint density at radius 3 is 2.45 bits per heavy atom. The molecule has 5 unspecified atom stereocenters. The lowest BCUT2D eigenvalue weighted by molar-refractivity contribution is 0.0544. The van der Waals surface area contributed by atoms with E-state index in [4.69, 9.17) is 13.3 Å². The van der Waals surface area contributed by atoms with Crippen LogP contribution in [0.25, 0.3) is 0 Å². The highest BCUT2D eigenvalue weighted by Crippen LogP contribution is 2.68. The van der Waals surface area contributed by atoms with Crippen molar-refractivity contribution in [3.05, 3.63) is 41.5 Å². The van der Waals surface area contributed by atoms with E-state index in [1.165, 1.54) is 32.1 Å². The predicted octanol–water partition coefficient (Wildman–Crippen LogP) is 8.68. The average molecular weight is 617 g/mol. The summed E-state index contributed by atoms with van der Waals surface area (Å²) in [6, 6.07) is 6.93. The molecule has 1 aromatic carbocycles. The first kappa shape index (κ1) is 32.4. The number of fused-ring (bicyclic) bond motifs is 2. The third kappa shape index (κ3) is 5.99. The van der Waals surface area contributed by atoms with Crippen LogP contribution in [-0.4, -0.2) is 42.7 Å². The van der Waals surface area contributed by atoms with Gasteiger partial charge in [0.1, 0.15) is 0 Å². The van der Waals surface area contributed by atoms with Gasteiger partial charge in [-0.25, -0.2) is 0 Å². The standard InChI is InChI=1S/C35H56O5SSi/c1-24-12-14-29(15-13-24)41(36,37)39-23-25(2)30-16-17-31-26(11-10-18-34(30,31)6)19-32(38-7)35-21-27(35)20-28(22-35)40-42(8,9)33(3,4)5/h12-15,19,25,27-28,30-32H,10-11,16-18,20-23H2,1-9H3/b26-19+/t25-,27?,28+,30?,31?,32?,34-,35?/m1/s1. The van der Waals surface area contributed by atoms with Crippen LogP contribution in [0.4, 0.5) is 0 Å².